The van der Waals surface area contributed by atoms with Gasteiger partial charge >= 0.3 is 0 Å². The Kier molecular flexibility index (Phi) is 5.22. The van der Waals surface area contributed by atoms with Crippen LogP contribution < -0.4 is 0 Å². The SMILES string of the molecule is CCCC(C)/C=C(\C)C(C)O. The molecule has 1 nitrogen and oxygen atoms in total. The maximum Gasteiger partial charge on any atom is 0.0719 e. The van der Waals surface area contributed by atoms with Crippen LogP contribution in [0.25, 0.3) is 0 Å². The molecule has 0 aliphatic carbocycles. The molecule has 0 aromatic rings. The summed E-state index contributed by atoms with van der Waals surface area (Å²) < 4.78 is 0. The fourth-order valence-electron chi connectivity index (χ4n) is 1.13. The van der Waals surface area contributed by atoms with E-state index in [9.17, 15) is 0 Å². The van der Waals surface area contributed by atoms with E-state index in [1.54, 1.807) is 0 Å². The van der Waals surface area contributed by atoms with Crippen LogP contribution in [0, 0.1) is 5.92 Å². The van der Waals surface area contributed by atoms with E-state index in [0.717, 1.165) is 5.57 Å². The van der Waals surface area contributed by atoms with Gasteiger partial charge in [0.1, 0.15) is 0 Å². The Bertz CT molecular complexity index is 125. The van der Waals surface area contributed by atoms with E-state index in [1.807, 2.05) is 13.8 Å². The van der Waals surface area contributed by atoms with Gasteiger partial charge in [-0.1, -0.05) is 26.3 Å². The number of aliphatic hydroxyl groups excluding tert-OH is 1. The lowest BCUT2D eigenvalue weighted by Crippen LogP contribution is -2.03. The highest BCUT2D eigenvalue weighted by molar-refractivity contribution is 5.04. The molecule has 0 aliphatic rings. The van der Waals surface area contributed by atoms with Gasteiger partial charge in [0.2, 0.25) is 0 Å². The topological polar surface area (TPSA) is 20.2 Å². The molecule has 0 saturated heterocycles. The van der Waals surface area contributed by atoms with Crippen molar-refractivity contribution >= 4 is 0 Å². The highest BCUT2D eigenvalue weighted by atomic mass is 16.3. The quantitative estimate of drug-likeness (QED) is 0.620. The van der Waals surface area contributed by atoms with Crippen LogP contribution in [0.4, 0.5) is 0 Å². The molecule has 0 aliphatic heterocycles. The monoisotopic (exact) mass is 156 g/mol. The summed E-state index contributed by atoms with van der Waals surface area (Å²) >= 11 is 0. The number of aliphatic hydroxyl groups is 1. The van der Waals surface area contributed by atoms with Gasteiger partial charge in [-0.2, -0.15) is 0 Å². The van der Waals surface area contributed by atoms with Gasteiger partial charge in [-0.05, 0) is 31.8 Å². The van der Waals surface area contributed by atoms with Crippen molar-refractivity contribution in [3.8, 4) is 0 Å². The fourth-order valence-corrected chi connectivity index (χ4v) is 1.13. The Morgan fingerprint density at radius 1 is 1.45 bits per heavy atom. The average Bonchev–Trinajstić information content (AvgIpc) is 1.87. The Labute approximate surface area is 70.1 Å². The summed E-state index contributed by atoms with van der Waals surface area (Å²) in [6.45, 7) is 8.17. The normalized spacial score (nSPS) is 18.1. The lowest BCUT2D eigenvalue weighted by atomic mass is 10.0. The lowest BCUT2D eigenvalue weighted by molar-refractivity contribution is 0.230. The van der Waals surface area contributed by atoms with E-state index in [2.05, 4.69) is 19.9 Å². The van der Waals surface area contributed by atoms with Crippen LogP contribution in [0.5, 0.6) is 0 Å². The van der Waals surface area contributed by atoms with Crippen LogP contribution >= 0.6 is 0 Å². The summed E-state index contributed by atoms with van der Waals surface area (Å²) in [6, 6.07) is 0. The molecule has 0 saturated carbocycles. The Morgan fingerprint density at radius 3 is 2.36 bits per heavy atom. The molecular formula is C10H20O. The lowest BCUT2D eigenvalue weighted by Gasteiger charge is -2.08. The molecule has 0 radical (unpaired) electrons. The Balaban J connectivity index is 3.86. The Hall–Kier alpha value is -0.300. The molecule has 0 bridgehead atoms. The predicted molar refractivity (Wildman–Crippen MR) is 49.5 cm³/mol. The third-order valence-corrected chi connectivity index (χ3v) is 1.95. The van der Waals surface area contributed by atoms with E-state index in [4.69, 9.17) is 5.11 Å². The zero-order chi connectivity index (χ0) is 8.85. The molecular weight excluding hydrogens is 136 g/mol. The second-order valence-corrected chi connectivity index (χ2v) is 3.35. The third-order valence-electron chi connectivity index (χ3n) is 1.95. The molecule has 0 amide bonds. The van der Waals surface area contributed by atoms with Gasteiger partial charge in [-0.3, -0.25) is 0 Å². The van der Waals surface area contributed by atoms with Crippen molar-refractivity contribution in [2.45, 2.75) is 46.6 Å². The zero-order valence-corrected chi connectivity index (χ0v) is 8.09. The first-order valence-electron chi connectivity index (χ1n) is 4.44. The second-order valence-electron chi connectivity index (χ2n) is 3.35. The summed E-state index contributed by atoms with van der Waals surface area (Å²) in [5, 5.41) is 9.17. The van der Waals surface area contributed by atoms with Crippen molar-refractivity contribution < 1.29 is 5.11 Å². The standard InChI is InChI=1S/C10H20O/c1-5-6-8(2)7-9(3)10(4)11/h7-8,10-11H,5-6H2,1-4H3/b9-7+. The van der Waals surface area contributed by atoms with Crippen molar-refractivity contribution in [3.05, 3.63) is 11.6 Å². The van der Waals surface area contributed by atoms with Crippen LogP contribution in [0.3, 0.4) is 0 Å². The van der Waals surface area contributed by atoms with E-state index in [-0.39, 0.29) is 6.10 Å². The zero-order valence-electron chi connectivity index (χ0n) is 8.09. The van der Waals surface area contributed by atoms with Crippen molar-refractivity contribution in [2.75, 3.05) is 0 Å². The van der Waals surface area contributed by atoms with Crippen LogP contribution in [0.1, 0.15) is 40.5 Å². The molecule has 2 atom stereocenters. The average molecular weight is 156 g/mol. The fraction of sp³-hybridized carbons (Fsp3) is 0.800. The minimum atomic E-state index is -0.283. The van der Waals surface area contributed by atoms with Crippen LogP contribution in [0.15, 0.2) is 11.6 Å². The third kappa shape index (κ3) is 5.02. The van der Waals surface area contributed by atoms with Crippen LogP contribution in [-0.2, 0) is 0 Å². The van der Waals surface area contributed by atoms with E-state index < -0.39 is 0 Å². The molecule has 66 valence electrons. The maximum atomic E-state index is 9.17. The van der Waals surface area contributed by atoms with Crippen molar-refractivity contribution in [1.29, 1.82) is 0 Å². The predicted octanol–water partition coefficient (Wildman–Crippen LogP) is 2.75. The molecule has 0 heterocycles. The first-order valence-corrected chi connectivity index (χ1v) is 4.44. The van der Waals surface area contributed by atoms with Crippen molar-refractivity contribution in [1.82, 2.24) is 0 Å². The molecule has 0 spiro atoms. The summed E-state index contributed by atoms with van der Waals surface area (Å²) in [5.41, 5.74) is 1.09. The number of allylic oxidation sites excluding steroid dienone is 1. The van der Waals surface area contributed by atoms with Crippen molar-refractivity contribution in [2.24, 2.45) is 5.92 Å². The number of hydrogen-bond acceptors (Lipinski definition) is 1. The van der Waals surface area contributed by atoms with E-state index in [0.29, 0.717) is 5.92 Å². The summed E-state index contributed by atoms with van der Waals surface area (Å²) in [6.07, 6.45) is 4.30. The minimum absolute atomic E-state index is 0.283. The smallest absolute Gasteiger partial charge is 0.0719 e. The van der Waals surface area contributed by atoms with Crippen LogP contribution in [-0.4, -0.2) is 11.2 Å². The minimum Gasteiger partial charge on any atom is -0.389 e. The number of rotatable bonds is 4. The summed E-state index contributed by atoms with van der Waals surface area (Å²) in [4.78, 5) is 0. The largest absolute Gasteiger partial charge is 0.389 e. The molecule has 0 aromatic heterocycles. The van der Waals surface area contributed by atoms with E-state index in [1.165, 1.54) is 12.8 Å². The van der Waals surface area contributed by atoms with Crippen molar-refractivity contribution in [3.63, 3.8) is 0 Å². The first-order chi connectivity index (χ1) is 5.07. The van der Waals surface area contributed by atoms with Gasteiger partial charge in [0.05, 0.1) is 6.10 Å². The van der Waals surface area contributed by atoms with Gasteiger partial charge in [0.25, 0.3) is 0 Å². The highest BCUT2D eigenvalue weighted by Gasteiger charge is 2.00. The Morgan fingerprint density at radius 2 is 2.00 bits per heavy atom. The molecule has 11 heavy (non-hydrogen) atoms. The summed E-state index contributed by atoms with van der Waals surface area (Å²) in [5.74, 6) is 0.606. The van der Waals surface area contributed by atoms with Gasteiger partial charge in [-0.25, -0.2) is 0 Å². The highest BCUT2D eigenvalue weighted by Crippen LogP contribution is 2.11. The molecule has 0 fully saturated rings. The van der Waals surface area contributed by atoms with Gasteiger partial charge in [-0.15, -0.1) is 0 Å². The molecule has 0 rings (SSSR count). The molecule has 0 aromatic carbocycles. The van der Waals surface area contributed by atoms with Gasteiger partial charge < -0.3 is 5.11 Å². The second kappa shape index (κ2) is 5.36. The number of hydrogen-bond donors (Lipinski definition) is 1. The van der Waals surface area contributed by atoms with Gasteiger partial charge in [0.15, 0.2) is 0 Å². The molecule has 1 heteroatoms. The van der Waals surface area contributed by atoms with Gasteiger partial charge in [0, 0.05) is 0 Å². The van der Waals surface area contributed by atoms with Crippen LogP contribution in [0.2, 0.25) is 0 Å². The molecule has 2 unspecified atom stereocenters. The first kappa shape index (κ1) is 10.7. The summed E-state index contributed by atoms with van der Waals surface area (Å²) in [7, 11) is 0. The van der Waals surface area contributed by atoms with E-state index >= 15 is 0 Å². The maximum absolute atomic E-state index is 9.17. The molecule has 1 N–H and O–H groups in total.